The largest absolute Gasteiger partial charge is 0.467 e. The van der Waals surface area contributed by atoms with Gasteiger partial charge in [-0.25, -0.2) is 4.79 Å². The van der Waals surface area contributed by atoms with Crippen LogP contribution in [0.2, 0.25) is 0 Å². The van der Waals surface area contributed by atoms with Crippen LogP contribution in [0.15, 0.2) is 29.3 Å². The van der Waals surface area contributed by atoms with Gasteiger partial charge >= 0.3 is 12.1 Å². The second-order valence-electron chi connectivity index (χ2n) is 3.60. The van der Waals surface area contributed by atoms with E-state index in [1.54, 1.807) is 0 Å². The van der Waals surface area contributed by atoms with Crippen molar-refractivity contribution in [3.63, 3.8) is 0 Å². The van der Waals surface area contributed by atoms with Gasteiger partial charge in [-0.1, -0.05) is 12.1 Å². The van der Waals surface area contributed by atoms with Gasteiger partial charge in [-0.05, 0) is 24.6 Å². The molecule has 0 fully saturated rings. The third kappa shape index (κ3) is 3.87. The number of ether oxygens (including phenoxy) is 1. The van der Waals surface area contributed by atoms with E-state index in [4.69, 9.17) is 0 Å². The van der Waals surface area contributed by atoms with Crippen molar-refractivity contribution < 1.29 is 22.7 Å². The molecule has 0 bridgehead atoms. The number of rotatable bonds is 3. The lowest BCUT2D eigenvalue weighted by Gasteiger charge is -2.06. The molecule has 0 amide bonds. The van der Waals surface area contributed by atoms with Gasteiger partial charge in [0.1, 0.15) is 6.04 Å². The highest BCUT2D eigenvalue weighted by molar-refractivity contribution is 5.83. The lowest BCUT2D eigenvalue weighted by atomic mass is 10.1. The summed E-state index contributed by atoms with van der Waals surface area (Å²) in [5.74, 6) is -0.502. The van der Waals surface area contributed by atoms with Crippen molar-refractivity contribution in [1.29, 1.82) is 0 Å². The average molecular weight is 259 g/mol. The monoisotopic (exact) mass is 259 g/mol. The second kappa shape index (κ2) is 5.66. The number of hydrogen-bond acceptors (Lipinski definition) is 3. The lowest BCUT2D eigenvalue weighted by molar-refractivity contribution is -0.141. The molecule has 1 atom stereocenters. The number of nitrogens with zero attached hydrogens (tertiary/aromatic N) is 1. The summed E-state index contributed by atoms with van der Waals surface area (Å²) >= 11 is 0. The van der Waals surface area contributed by atoms with Crippen LogP contribution in [0.5, 0.6) is 0 Å². The van der Waals surface area contributed by atoms with Crippen LogP contribution < -0.4 is 0 Å². The highest BCUT2D eigenvalue weighted by atomic mass is 19.4. The molecule has 0 heterocycles. The summed E-state index contributed by atoms with van der Waals surface area (Å²) in [6.45, 7) is 1.53. The van der Waals surface area contributed by atoms with Crippen molar-refractivity contribution in [2.24, 2.45) is 4.99 Å². The Hall–Kier alpha value is -1.85. The SMILES string of the molecule is COC(=O)[C@H](C)N=Cc1ccc(C(F)(F)F)cc1. The predicted molar refractivity (Wildman–Crippen MR) is 60.5 cm³/mol. The topological polar surface area (TPSA) is 38.7 Å². The number of hydrogen-bond donors (Lipinski definition) is 0. The van der Waals surface area contributed by atoms with E-state index in [9.17, 15) is 18.0 Å². The van der Waals surface area contributed by atoms with Gasteiger partial charge in [-0.2, -0.15) is 13.2 Å². The Morgan fingerprint density at radius 3 is 2.33 bits per heavy atom. The van der Waals surface area contributed by atoms with E-state index >= 15 is 0 Å². The fourth-order valence-electron chi connectivity index (χ4n) is 1.19. The number of carbonyl (C=O) groups is 1. The minimum atomic E-state index is -4.35. The molecule has 0 N–H and O–H groups in total. The summed E-state index contributed by atoms with van der Waals surface area (Å²) in [7, 11) is 1.24. The van der Waals surface area contributed by atoms with Crippen molar-refractivity contribution in [2.45, 2.75) is 19.1 Å². The molecule has 0 aliphatic carbocycles. The number of esters is 1. The summed E-state index contributed by atoms with van der Waals surface area (Å²) in [5, 5.41) is 0. The third-order valence-electron chi connectivity index (χ3n) is 2.23. The van der Waals surface area contributed by atoms with Gasteiger partial charge in [0.2, 0.25) is 0 Å². The summed E-state index contributed by atoms with van der Waals surface area (Å²) in [6, 6.07) is 3.82. The standard InChI is InChI=1S/C12H12F3NO2/c1-8(11(17)18-2)16-7-9-3-5-10(6-4-9)12(13,14)15/h3-8H,1-2H3/t8-/m0/s1. The Balaban J connectivity index is 2.75. The predicted octanol–water partition coefficient (Wildman–Crippen LogP) is 2.69. The quantitative estimate of drug-likeness (QED) is 0.618. The van der Waals surface area contributed by atoms with Crippen molar-refractivity contribution in [1.82, 2.24) is 0 Å². The third-order valence-corrected chi connectivity index (χ3v) is 2.23. The van der Waals surface area contributed by atoms with Gasteiger partial charge in [0.15, 0.2) is 0 Å². The maximum atomic E-state index is 12.3. The summed E-state index contributed by atoms with van der Waals surface area (Å²) < 4.78 is 41.3. The molecule has 1 rings (SSSR count). The Morgan fingerprint density at radius 1 is 1.33 bits per heavy atom. The molecule has 0 unspecified atom stereocenters. The van der Waals surface area contributed by atoms with E-state index in [2.05, 4.69) is 9.73 Å². The first kappa shape index (κ1) is 14.2. The fraction of sp³-hybridized carbons (Fsp3) is 0.333. The fourth-order valence-corrected chi connectivity index (χ4v) is 1.19. The van der Waals surface area contributed by atoms with Gasteiger partial charge in [0.25, 0.3) is 0 Å². The molecule has 1 aromatic rings. The number of benzene rings is 1. The molecular formula is C12H12F3NO2. The Morgan fingerprint density at radius 2 is 1.89 bits per heavy atom. The molecular weight excluding hydrogens is 247 g/mol. The van der Waals surface area contributed by atoms with Crippen LogP contribution in [0, 0.1) is 0 Å². The van der Waals surface area contributed by atoms with Crippen molar-refractivity contribution in [2.75, 3.05) is 7.11 Å². The van der Waals surface area contributed by atoms with Crippen LogP contribution in [0.3, 0.4) is 0 Å². The van der Waals surface area contributed by atoms with E-state index in [1.807, 2.05) is 0 Å². The minimum Gasteiger partial charge on any atom is -0.467 e. The summed E-state index contributed by atoms with van der Waals surface area (Å²) in [5.41, 5.74) is -0.237. The van der Waals surface area contributed by atoms with Crippen LogP contribution >= 0.6 is 0 Å². The average Bonchev–Trinajstić information content (AvgIpc) is 2.34. The van der Waals surface area contributed by atoms with Crippen molar-refractivity contribution in [3.8, 4) is 0 Å². The van der Waals surface area contributed by atoms with Crippen LogP contribution in [0.25, 0.3) is 0 Å². The smallest absolute Gasteiger partial charge is 0.416 e. The first-order valence-electron chi connectivity index (χ1n) is 5.13. The summed E-state index contributed by atoms with van der Waals surface area (Å²) in [6.07, 6.45) is -3.02. The van der Waals surface area contributed by atoms with E-state index in [-0.39, 0.29) is 0 Å². The lowest BCUT2D eigenvalue weighted by Crippen LogP contribution is -2.16. The molecule has 0 saturated heterocycles. The van der Waals surface area contributed by atoms with Gasteiger partial charge in [0.05, 0.1) is 12.7 Å². The molecule has 1 aromatic carbocycles. The maximum Gasteiger partial charge on any atom is 0.416 e. The first-order chi connectivity index (χ1) is 8.34. The van der Waals surface area contributed by atoms with E-state index in [1.165, 1.54) is 32.4 Å². The zero-order valence-electron chi connectivity index (χ0n) is 9.86. The molecule has 3 nitrogen and oxygen atoms in total. The second-order valence-corrected chi connectivity index (χ2v) is 3.60. The number of alkyl halides is 3. The van der Waals surface area contributed by atoms with Crippen LogP contribution in [0.1, 0.15) is 18.1 Å². The normalized spacial score (nSPS) is 13.6. The molecule has 6 heteroatoms. The van der Waals surface area contributed by atoms with Crippen LogP contribution in [-0.4, -0.2) is 25.3 Å². The number of carbonyl (C=O) groups excluding carboxylic acids is 1. The summed E-state index contributed by atoms with van der Waals surface area (Å²) in [4.78, 5) is 14.9. The Bertz CT molecular complexity index is 438. The number of halogens is 3. The molecule has 0 radical (unpaired) electrons. The van der Waals surface area contributed by atoms with Crippen LogP contribution in [-0.2, 0) is 15.7 Å². The Kier molecular flexibility index (Phi) is 4.47. The number of aliphatic imine (C=N–C) groups is 1. The van der Waals surface area contributed by atoms with Crippen molar-refractivity contribution in [3.05, 3.63) is 35.4 Å². The molecule has 0 aromatic heterocycles. The van der Waals surface area contributed by atoms with E-state index in [0.29, 0.717) is 5.56 Å². The zero-order valence-corrected chi connectivity index (χ0v) is 9.86. The molecule has 0 aliphatic heterocycles. The van der Waals surface area contributed by atoms with Crippen molar-refractivity contribution >= 4 is 12.2 Å². The van der Waals surface area contributed by atoms with E-state index in [0.717, 1.165) is 12.1 Å². The van der Waals surface area contributed by atoms with E-state index < -0.39 is 23.8 Å². The number of methoxy groups -OCH3 is 1. The van der Waals surface area contributed by atoms with Gasteiger partial charge in [-0.15, -0.1) is 0 Å². The van der Waals surface area contributed by atoms with Crippen LogP contribution in [0.4, 0.5) is 13.2 Å². The first-order valence-corrected chi connectivity index (χ1v) is 5.13. The molecule has 0 spiro atoms. The van der Waals surface area contributed by atoms with Gasteiger partial charge in [0, 0.05) is 6.21 Å². The molecule has 0 saturated carbocycles. The highest BCUT2D eigenvalue weighted by Crippen LogP contribution is 2.28. The highest BCUT2D eigenvalue weighted by Gasteiger charge is 2.29. The maximum absolute atomic E-state index is 12.3. The molecule has 0 aliphatic rings. The molecule has 98 valence electrons. The minimum absolute atomic E-state index is 0.485. The molecule has 18 heavy (non-hydrogen) atoms. The Labute approximate surface area is 102 Å². The zero-order chi connectivity index (χ0) is 13.8. The van der Waals surface area contributed by atoms with Gasteiger partial charge in [-0.3, -0.25) is 4.99 Å². The van der Waals surface area contributed by atoms with Gasteiger partial charge < -0.3 is 4.74 Å².